The van der Waals surface area contributed by atoms with E-state index in [4.69, 9.17) is 4.42 Å². The van der Waals surface area contributed by atoms with Crippen LogP contribution in [-0.4, -0.2) is 24.4 Å². The Labute approximate surface area is 129 Å². The maximum Gasteiger partial charge on any atom is 0.349 e. The van der Waals surface area contributed by atoms with E-state index in [0.29, 0.717) is 18.0 Å². The summed E-state index contributed by atoms with van der Waals surface area (Å²) < 4.78 is 5.25. The van der Waals surface area contributed by atoms with E-state index in [0.717, 1.165) is 5.39 Å². The maximum absolute atomic E-state index is 12.5. The molecule has 22 heavy (non-hydrogen) atoms. The van der Waals surface area contributed by atoms with Crippen LogP contribution in [0.15, 0.2) is 39.5 Å². The molecular weight excluding hydrogens is 278 g/mol. The minimum atomic E-state index is -0.556. The minimum Gasteiger partial charge on any atom is -0.422 e. The van der Waals surface area contributed by atoms with E-state index in [-0.39, 0.29) is 11.5 Å². The lowest BCUT2D eigenvalue weighted by molar-refractivity contribution is 0.0756. The van der Waals surface area contributed by atoms with Gasteiger partial charge in [0.2, 0.25) is 0 Å². The van der Waals surface area contributed by atoms with Gasteiger partial charge in [0.15, 0.2) is 0 Å². The number of para-hydroxylation sites is 1. The van der Waals surface area contributed by atoms with Crippen molar-refractivity contribution in [3.8, 4) is 0 Å². The quantitative estimate of drug-likeness (QED) is 0.816. The van der Waals surface area contributed by atoms with Gasteiger partial charge in [-0.2, -0.15) is 0 Å². The molecule has 0 N–H and O–H groups in total. The molecular formula is C18H21NO3. The first-order valence-corrected chi connectivity index (χ1v) is 7.93. The Hall–Kier alpha value is -2.10. The van der Waals surface area contributed by atoms with Crippen molar-refractivity contribution in [2.75, 3.05) is 13.6 Å². The first-order valence-electron chi connectivity index (χ1n) is 7.93. The Morgan fingerprint density at radius 2 is 1.95 bits per heavy atom. The van der Waals surface area contributed by atoms with Crippen molar-refractivity contribution in [2.24, 2.45) is 5.92 Å². The van der Waals surface area contributed by atoms with E-state index in [2.05, 4.69) is 0 Å². The van der Waals surface area contributed by atoms with Crippen molar-refractivity contribution in [1.29, 1.82) is 0 Å². The second kappa shape index (κ2) is 6.34. The van der Waals surface area contributed by atoms with Gasteiger partial charge < -0.3 is 9.32 Å². The van der Waals surface area contributed by atoms with Crippen LogP contribution in [0, 0.1) is 5.92 Å². The molecule has 1 heterocycles. The molecule has 0 saturated heterocycles. The Morgan fingerprint density at radius 1 is 1.23 bits per heavy atom. The molecule has 0 aliphatic heterocycles. The summed E-state index contributed by atoms with van der Waals surface area (Å²) in [6, 6.07) is 8.89. The normalized spacial score (nSPS) is 15.9. The van der Waals surface area contributed by atoms with Gasteiger partial charge in [-0.15, -0.1) is 0 Å². The van der Waals surface area contributed by atoms with Gasteiger partial charge in [0.25, 0.3) is 5.91 Å². The van der Waals surface area contributed by atoms with Crippen LogP contribution < -0.4 is 5.63 Å². The zero-order valence-electron chi connectivity index (χ0n) is 12.9. The number of amides is 1. The summed E-state index contributed by atoms with van der Waals surface area (Å²) in [6.07, 6.45) is 6.12. The molecule has 0 atom stereocenters. The second-order valence-corrected chi connectivity index (χ2v) is 6.18. The van der Waals surface area contributed by atoms with Gasteiger partial charge in [-0.1, -0.05) is 37.5 Å². The summed E-state index contributed by atoms with van der Waals surface area (Å²) in [5, 5.41) is 0.775. The summed E-state index contributed by atoms with van der Waals surface area (Å²) in [7, 11) is 1.77. The number of hydrogen-bond donors (Lipinski definition) is 0. The molecule has 0 unspecified atom stereocenters. The molecule has 3 rings (SSSR count). The first-order chi connectivity index (χ1) is 10.6. The molecule has 4 nitrogen and oxygen atoms in total. The molecule has 1 aromatic heterocycles. The Balaban J connectivity index is 1.81. The van der Waals surface area contributed by atoms with Crippen molar-refractivity contribution in [3.63, 3.8) is 0 Å². The van der Waals surface area contributed by atoms with Crippen molar-refractivity contribution in [1.82, 2.24) is 4.90 Å². The average molecular weight is 299 g/mol. The highest BCUT2D eigenvalue weighted by atomic mass is 16.4. The van der Waals surface area contributed by atoms with E-state index >= 15 is 0 Å². The van der Waals surface area contributed by atoms with Crippen molar-refractivity contribution >= 4 is 16.9 Å². The van der Waals surface area contributed by atoms with Crippen LogP contribution >= 0.6 is 0 Å². The first kappa shape index (κ1) is 14.8. The summed E-state index contributed by atoms with van der Waals surface area (Å²) in [5.74, 6) is 0.306. The fourth-order valence-corrected chi connectivity index (χ4v) is 3.26. The highest BCUT2D eigenvalue weighted by molar-refractivity contribution is 5.96. The van der Waals surface area contributed by atoms with E-state index in [1.165, 1.54) is 32.1 Å². The molecule has 2 aromatic rings. The predicted molar refractivity (Wildman–Crippen MR) is 86.0 cm³/mol. The summed E-state index contributed by atoms with van der Waals surface area (Å²) in [5.41, 5.74) is 0.0789. The number of benzene rings is 1. The number of carbonyl (C=O) groups is 1. The van der Waals surface area contributed by atoms with E-state index in [1.54, 1.807) is 24.1 Å². The van der Waals surface area contributed by atoms with Crippen molar-refractivity contribution < 1.29 is 9.21 Å². The molecule has 1 aliphatic rings. The highest BCUT2D eigenvalue weighted by Gasteiger charge is 2.21. The fraction of sp³-hybridized carbons (Fsp3) is 0.444. The zero-order chi connectivity index (χ0) is 15.5. The van der Waals surface area contributed by atoms with Gasteiger partial charge in [0, 0.05) is 19.0 Å². The van der Waals surface area contributed by atoms with Crippen LogP contribution in [0.5, 0.6) is 0 Å². The minimum absolute atomic E-state index is 0.122. The predicted octanol–water partition coefficient (Wildman–Crippen LogP) is 3.45. The molecule has 1 saturated carbocycles. The van der Waals surface area contributed by atoms with Gasteiger partial charge in [-0.25, -0.2) is 4.79 Å². The molecule has 116 valence electrons. The van der Waals surface area contributed by atoms with Crippen LogP contribution in [0.3, 0.4) is 0 Å². The van der Waals surface area contributed by atoms with Gasteiger partial charge in [0.1, 0.15) is 11.1 Å². The number of hydrogen-bond acceptors (Lipinski definition) is 3. The fourth-order valence-electron chi connectivity index (χ4n) is 3.26. The zero-order valence-corrected chi connectivity index (χ0v) is 12.9. The van der Waals surface area contributed by atoms with Crippen molar-refractivity contribution in [3.05, 3.63) is 46.3 Å². The summed E-state index contributed by atoms with van der Waals surface area (Å²) >= 11 is 0. The largest absolute Gasteiger partial charge is 0.422 e. The van der Waals surface area contributed by atoms with Crippen LogP contribution in [0.4, 0.5) is 0 Å². The van der Waals surface area contributed by atoms with E-state index < -0.39 is 5.63 Å². The van der Waals surface area contributed by atoms with Gasteiger partial charge in [-0.05, 0) is 30.9 Å². The average Bonchev–Trinajstić information content (AvgIpc) is 2.54. The summed E-state index contributed by atoms with van der Waals surface area (Å²) in [6.45, 7) is 0.713. The van der Waals surface area contributed by atoms with Crippen LogP contribution in [-0.2, 0) is 0 Å². The number of fused-ring (bicyclic) bond motifs is 1. The molecule has 0 radical (unpaired) electrons. The van der Waals surface area contributed by atoms with E-state index in [9.17, 15) is 9.59 Å². The van der Waals surface area contributed by atoms with Crippen molar-refractivity contribution in [2.45, 2.75) is 32.1 Å². The third kappa shape index (κ3) is 3.06. The smallest absolute Gasteiger partial charge is 0.349 e. The molecule has 1 amide bonds. The second-order valence-electron chi connectivity index (χ2n) is 6.18. The van der Waals surface area contributed by atoms with Gasteiger partial charge >= 0.3 is 5.63 Å². The molecule has 1 aliphatic carbocycles. The number of rotatable bonds is 3. The van der Waals surface area contributed by atoms with Crippen LogP contribution in [0.1, 0.15) is 42.5 Å². The Morgan fingerprint density at radius 3 is 2.73 bits per heavy atom. The summed E-state index contributed by atoms with van der Waals surface area (Å²) in [4.78, 5) is 26.3. The SMILES string of the molecule is CN(CC1CCCCC1)C(=O)c1cc2ccccc2oc1=O. The Kier molecular flexibility index (Phi) is 4.27. The Bertz CT molecular complexity index is 728. The molecule has 4 heteroatoms. The van der Waals surface area contributed by atoms with Gasteiger partial charge in [0.05, 0.1) is 0 Å². The number of nitrogens with zero attached hydrogens (tertiary/aromatic N) is 1. The lowest BCUT2D eigenvalue weighted by atomic mass is 9.89. The third-order valence-corrected chi connectivity index (χ3v) is 4.48. The standard InChI is InChI=1S/C18H21NO3/c1-19(12-13-7-3-2-4-8-13)17(20)15-11-14-9-5-6-10-16(14)22-18(15)21/h5-6,9-11,13H,2-4,7-8,12H2,1H3. The lowest BCUT2D eigenvalue weighted by Gasteiger charge is -2.26. The topological polar surface area (TPSA) is 50.5 Å². The molecule has 0 spiro atoms. The number of carbonyl (C=O) groups excluding carboxylic acids is 1. The lowest BCUT2D eigenvalue weighted by Crippen LogP contribution is -2.35. The van der Waals surface area contributed by atoms with E-state index in [1.807, 2.05) is 18.2 Å². The highest BCUT2D eigenvalue weighted by Crippen LogP contribution is 2.24. The third-order valence-electron chi connectivity index (χ3n) is 4.48. The molecule has 0 bridgehead atoms. The molecule has 1 aromatic carbocycles. The van der Waals surface area contributed by atoms with Crippen LogP contribution in [0.25, 0.3) is 11.0 Å². The maximum atomic E-state index is 12.5. The monoisotopic (exact) mass is 299 g/mol. The molecule has 1 fully saturated rings. The van der Waals surface area contributed by atoms with Gasteiger partial charge in [-0.3, -0.25) is 4.79 Å². The van der Waals surface area contributed by atoms with Crippen LogP contribution in [0.2, 0.25) is 0 Å².